The first-order chi connectivity index (χ1) is 14.0. The van der Waals surface area contributed by atoms with Crippen molar-refractivity contribution in [1.29, 1.82) is 0 Å². The summed E-state index contributed by atoms with van der Waals surface area (Å²) in [6.45, 7) is 6.49. The minimum atomic E-state index is -2.26. The first-order valence-corrected chi connectivity index (χ1v) is 11.0. The lowest BCUT2D eigenvalue weighted by Crippen LogP contribution is -2.53. The van der Waals surface area contributed by atoms with Crippen molar-refractivity contribution >= 4 is 11.9 Å². The maximum absolute atomic E-state index is 12.5. The van der Waals surface area contributed by atoms with Gasteiger partial charge in [0.25, 0.3) is 6.43 Å². The van der Waals surface area contributed by atoms with E-state index in [0.717, 1.165) is 70.9 Å². The van der Waals surface area contributed by atoms with E-state index < -0.39 is 6.43 Å². The fourth-order valence-electron chi connectivity index (χ4n) is 4.28. The molecule has 0 unspecified atom stereocenters. The number of hydrogen-bond donors (Lipinski definition) is 2. The number of halogens is 2. The second kappa shape index (κ2) is 11.1. The van der Waals surface area contributed by atoms with Gasteiger partial charge in [0.05, 0.1) is 6.54 Å². The maximum Gasteiger partial charge on any atom is 0.251 e. The van der Waals surface area contributed by atoms with E-state index in [1.165, 1.54) is 6.42 Å². The fraction of sp³-hybridized carbons (Fsp3) is 0.900. The van der Waals surface area contributed by atoms with E-state index >= 15 is 0 Å². The van der Waals surface area contributed by atoms with E-state index in [4.69, 9.17) is 0 Å². The van der Waals surface area contributed by atoms with Crippen molar-refractivity contribution in [2.24, 2.45) is 10.9 Å². The summed E-state index contributed by atoms with van der Waals surface area (Å²) < 4.78 is 25.0. The van der Waals surface area contributed by atoms with Crippen molar-refractivity contribution in [2.75, 3.05) is 66.0 Å². The second-order valence-corrected chi connectivity index (χ2v) is 8.40. The molecule has 3 rings (SSSR count). The second-order valence-electron chi connectivity index (χ2n) is 8.40. The number of nitrogens with one attached hydrogen (secondary N) is 2. The zero-order valence-electron chi connectivity index (χ0n) is 17.6. The van der Waals surface area contributed by atoms with Gasteiger partial charge in [-0.05, 0) is 25.7 Å². The highest BCUT2D eigenvalue weighted by atomic mass is 19.3. The summed E-state index contributed by atoms with van der Waals surface area (Å²) in [5.41, 5.74) is 0. The lowest BCUT2D eigenvalue weighted by molar-refractivity contribution is -0.139. The number of carbonyl (C=O) groups excluding carboxylic acids is 1. The number of hydrogen-bond acceptors (Lipinski definition) is 4. The zero-order valence-corrected chi connectivity index (χ0v) is 17.6. The molecule has 1 aliphatic carbocycles. The molecular weight excluding hydrogens is 378 g/mol. The van der Waals surface area contributed by atoms with Crippen LogP contribution in [0.3, 0.4) is 0 Å². The summed E-state index contributed by atoms with van der Waals surface area (Å²) >= 11 is 0. The molecule has 2 aliphatic heterocycles. The van der Waals surface area contributed by atoms with Crippen molar-refractivity contribution in [2.45, 2.75) is 44.6 Å². The summed E-state index contributed by atoms with van der Waals surface area (Å²) in [5, 5.41) is 6.78. The number of likely N-dealkylation sites (tertiary alicyclic amines) is 1. The van der Waals surface area contributed by atoms with Crippen LogP contribution in [0.2, 0.25) is 0 Å². The summed E-state index contributed by atoms with van der Waals surface area (Å²) in [6.07, 6.45) is 2.79. The largest absolute Gasteiger partial charge is 0.355 e. The monoisotopic (exact) mass is 414 g/mol. The molecule has 0 aromatic carbocycles. The number of amides is 1. The first kappa shape index (κ1) is 22.2. The molecule has 1 amide bonds. The highest BCUT2D eigenvalue weighted by Crippen LogP contribution is 2.28. The Kier molecular flexibility index (Phi) is 8.47. The Bertz CT molecular complexity index is 541. The molecule has 2 N–H and O–H groups in total. The van der Waals surface area contributed by atoms with Crippen LogP contribution in [0.1, 0.15) is 32.1 Å². The maximum atomic E-state index is 12.5. The summed E-state index contributed by atoms with van der Waals surface area (Å²) in [4.78, 5) is 22.9. The third-order valence-corrected chi connectivity index (χ3v) is 6.41. The number of piperazine rings is 1. The molecule has 0 bridgehead atoms. The van der Waals surface area contributed by atoms with Gasteiger partial charge in [-0.25, -0.2) is 8.78 Å². The molecule has 2 saturated heterocycles. The Balaban J connectivity index is 1.28. The number of piperidine rings is 1. The van der Waals surface area contributed by atoms with Crippen molar-refractivity contribution in [3.05, 3.63) is 0 Å². The standard InChI is InChI=1S/C20H36F2N6O/c1-23-20(25-17-5-8-27(9-6-17)15-18(21)22)24-7-10-26-11-13-28(14-12-26)19(29)16-3-2-4-16/h16-18H,2-15H2,1H3,(H2,23,24,25). The Morgan fingerprint density at radius 3 is 2.28 bits per heavy atom. The van der Waals surface area contributed by atoms with E-state index in [9.17, 15) is 13.6 Å². The smallest absolute Gasteiger partial charge is 0.251 e. The Morgan fingerprint density at radius 2 is 1.72 bits per heavy atom. The van der Waals surface area contributed by atoms with Gasteiger partial charge in [0, 0.05) is 71.4 Å². The summed E-state index contributed by atoms with van der Waals surface area (Å²) in [5.74, 6) is 1.43. The molecule has 0 aromatic heterocycles. The van der Waals surface area contributed by atoms with E-state index in [2.05, 4.69) is 20.5 Å². The lowest BCUT2D eigenvalue weighted by atomic mass is 9.84. The van der Waals surface area contributed by atoms with Crippen molar-refractivity contribution in [1.82, 2.24) is 25.3 Å². The van der Waals surface area contributed by atoms with Crippen LogP contribution in [0, 0.1) is 5.92 Å². The van der Waals surface area contributed by atoms with Gasteiger partial charge in [0.1, 0.15) is 0 Å². The van der Waals surface area contributed by atoms with Gasteiger partial charge in [-0.1, -0.05) is 6.42 Å². The molecule has 166 valence electrons. The van der Waals surface area contributed by atoms with Crippen LogP contribution < -0.4 is 10.6 Å². The van der Waals surface area contributed by atoms with Crippen LogP contribution in [0.4, 0.5) is 8.78 Å². The van der Waals surface area contributed by atoms with Gasteiger partial charge < -0.3 is 15.5 Å². The third kappa shape index (κ3) is 6.77. The Morgan fingerprint density at radius 1 is 1.03 bits per heavy atom. The predicted molar refractivity (Wildman–Crippen MR) is 110 cm³/mol. The number of alkyl halides is 2. The topological polar surface area (TPSA) is 63.2 Å². The first-order valence-electron chi connectivity index (χ1n) is 11.0. The molecule has 0 aromatic rings. The van der Waals surface area contributed by atoms with Gasteiger partial charge in [0.2, 0.25) is 5.91 Å². The molecule has 0 radical (unpaired) electrons. The fourth-order valence-corrected chi connectivity index (χ4v) is 4.28. The number of nitrogens with zero attached hydrogens (tertiary/aromatic N) is 4. The molecule has 3 fully saturated rings. The zero-order chi connectivity index (χ0) is 20.6. The molecule has 29 heavy (non-hydrogen) atoms. The van der Waals surface area contributed by atoms with Crippen LogP contribution >= 0.6 is 0 Å². The van der Waals surface area contributed by atoms with E-state index in [1.807, 2.05) is 9.80 Å². The number of guanidine groups is 1. The summed E-state index contributed by atoms with van der Waals surface area (Å²) in [6, 6.07) is 0.274. The molecule has 1 saturated carbocycles. The minimum absolute atomic E-state index is 0.126. The normalized spacial score (nSPS) is 23.3. The van der Waals surface area contributed by atoms with Gasteiger partial charge in [-0.3, -0.25) is 19.6 Å². The van der Waals surface area contributed by atoms with Crippen LogP contribution in [-0.2, 0) is 4.79 Å². The van der Waals surface area contributed by atoms with Crippen molar-refractivity contribution in [3.8, 4) is 0 Å². The van der Waals surface area contributed by atoms with Gasteiger partial charge in [0.15, 0.2) is 5.96 Å². The van der Waals surface area contributed by atoms with E-state index in [0.29, 0.717) is 24.9 Å². The molecule has 2 heterocycles. The van der Waals surface area contributed by atoms with Gasteiger partial charge in [-0.2, -0.15) is 0 Å². The SMILES string of the molecule is CN=C(NCCN1CCN(C(=O)C2CCC2)CC1)NC1CCN(CC(F)F)CC1. The molecule has 0 spiro atoms. The Labute approximate surface area is 172 Å². The minimum Gasteiger partial charge on any atom is -0.355 e. The number of carbonyl (C=O) groups is 1. The van der Waals surface area contributed by atoms with Gasteiger partial charge >= 0.3 is 0 Å². The van der Waals surface area contributed by atoms with Crippen LogP contribution in [0.25, 0.3) is 0 Å². The average molecular weight is 415 g/mol. The van der Waals surface area contributed by atoms with Crippen LogP contribution in [0.5, 0.6) is 0 Å². The third-order valence-electron chi connectivity index (χ3n) is 6.41. The van der Waals surface area contributed by atoms with Crippen LogP contribution in [0.15, 0.2) is 4.99 Å². The highest BCUT2D eigenvalue weighted by molar-refractivity contribution is 5.80. The number of aliphatic imine (C=N–C) groups is 1. The molecule has 3 aliphatic rings. The van der Waals surface area contributed by atoms with Gasteiger partial charge in [-0.15, -0.1) is 0 Å². The average Bonchev–Trinajstić information content (AvgIpc) is 2.67. The summed E-state index contributed by atoms with van der Waals surface area (Å²) in [7, 11) is 1.76. The molecule has 7 nitrogen and oxygen atoms in total. The molecule has 9 heteroatoms. The van der Waals surface area contributed by atoms with Crippen molar-refractivity contribution in [3.63, 3.8) is 0 Å². The van der Waals surface area contributed by atoms with E-state index in [1.54, 1.807) is 7.05 Å². The quantitative estimate of drug-likeness (QED) is 0.477. The lowest BCUT2D eigenvalue weighted by Gasteiger charge is -2.38. The Hall–Kier alpha value is -1.48. The van der Waals surface area contributed by atoms with Crippen molar-refractivity contribution < 1.29 is 13.6 Å². The number of rotatable bonds is 7. The molecular formula is C20H36F2N6O. The highest BCUT2D eigenvalue weighted by Gasteiger charge is 2.31. The predicted octanol–water partition coefficient (Wildman–Crippen LogP) is 0.825. The van der Waals surface area contributed by atoms with E-state index in [-0.39, 0.29) is 12.6 Å². The molecule has 0 atom stereocenters. The van der Waals surface area contributed by atoms with Crippen LogP contribution in [-0.4, -0.2) is 105 Å².